The Morgan fingerprint density at radius 3 is 2.62 bits per heavy atom. The summed E-state index contributed by atoms with van der Waals surface area (Å²) in [6.45, 7) is 4.13. The molecule has 0 atom stereocenters. The molecular formula is C22H21IN2O7. The molecule has 1 aromatic heterocycles. The van der Waals surface area contributed by atoms with Crippen molar-refractivity contribution in [1.82, 2.24) is 5.43 Å². The number of fused-ring (bicyclic) bond motifs is 1. The fourth-order valence-corrected chi connectivity index (χ4v) is 3.59. The number of amides is 1. The minimum Gasteiger partial charge on any atom is -0.494 e. The van der Waals surface area contributed by atoms with Gasteiger partial charge in [-0.2, -0.15) is 5.10 Å². The van der Waals surface area contributed by atoms with E-state index in [1.165, 1.54) is 6.21 Å². The van der Waals surface area contributed by atoms with Crippen LogP contribution < -0.4 is 19.6 Å². The minimum atomic E-state index is -1.09. The number of carbonyl (C=O) groups is 2. The number of carbonyl (C=O) groups excluding carboxylic acids is 1. The average Bonchev–Trinajstić information content (AvgIpc) is 3.17. The van der Waals surface area contributed by atoms with Gasteiger partial charge in [-0.05, 0) is 78.4 Å². The van der Waals surface area contributed by atoms with Gasteiger partial charge in [0.05, 0.1) is 23.0 Å². The van der Waals surface area contributed by atoms with E-state index in [0.29, 0.717) is 45.2 Å². The smallest absolute Gasteiger partial charge is 0.341 e. The molecule has 2 N–H and O–H groups in total. The quantitative estimate of drug-likeness (QED) is 0.221. The molecule has 0 unspecified atom stereocenters. The molecule has 3 rings (SSSR count). The van der Waals surface area contributed by atoms with E-state index in [2.05, 4.69) is 10.5 Å². The van der Waals surface area contributed by atoms with Gasteiger partial charge in [-0.25, -0.2) is 10.2 Å². The van der Waals surface area contributed by atoms with Crippen molar-refractivity contribution >= 4 is 51.7 Å². The highest BCUT2D eigenvalue weighted by atomic mass is 127. The Hall–Kier alpha value is -3.28. The van der Waals surface area contributed by atoms with Crippen molar-refractivity contribution in [3.63, 3.8) is 0 Å². The fourth-order valence-electron chi connectivity index (χ4n) is 2.81. The lowest BCUT2D eigenvalue weighted by Crippen LogP contribution is -2.16. The number of carboxylic acid groups (broad SMARTS) is 1. The van der Waals surface area contributed by atoms with E-state index in [0.717, 1.165) is 5.39 Å². The Bertz CT molecular complexity index is 1160. The molecule has 1 heterocycles. The maximum absolute atomic E-state index is 12.4. The number of rotatable bonds is 10. The number of hydrogen-bond acceptors (Lipinski definition) is 7. The number of furan rings is 1. The molecule has 0 aliphatic carbocycles. The largest absolute Gasteiger partial charge is 0.494 e. The number of ether oxygens (including phenoxy) is 3. The van der Waals surface area contributed by atoms with E-state index < -0.39 is 18.5 Å². The zero-order valence-electron chi connectivity index (χ0n) is 17.4. The van der Waals surface area contributed by atoms with E-state index in [4.69, 9.17) is 23.7 Å². The zero-order valence-corrected chi connectivity index (χ0v) is 19.5. The predicted molar refractivity (Wildman–Crippen MR) is 126 cm³/mol. The number of aliphatic carboxylic acids is 1. The van der Waals surface area contributed by atoms with Crippen LogP contribution in [0.25, 0.3) is 11.0 Å². The Labute approximate surface area is 197 Å². The van der Waals surface area contributed by atoms with Crippen LogP contribution in [-0.4, -0.2) is 43.0 Å². The standard InChI is InChI=1S/C22H21IN2O7/c1-3-29-15-5-6-17-14(9-15)10-19(32-17)22(28)25-24-11-13-7-16(23)21(31-12-20(26)27)18(8-13)30-4-2/h5-11H,3-4,12H2,1-2H3,(H,25,28)(H,26,27)/b24-11+. The first-order valence-electron chi connectivity index (χ1n) is 9.72. The molecule has 0 spiro atoms. The van der Waals surface area contributed by atoms with Crippen LogP contribution in [0.15, 0.2) is 45.9 Å². The van der Waals surface area contributed by atoms with Crippen LogP contribution in [0.2, 0.25) is 0 Å². The van der Waals surface area contributed by atoms with E-state index in [-0.39, 0.29) is 5.76 Å². The molecule has 168 valence electrons. The van der Waals surface area contributed by atoms with Gasteiger partial charge in [0.15, 0.2) is 23.9 Å². The van der Waals surface area contributed by atoms with Gasteiger partial charge in [0.1, 0.15) is 11.3 Å². The van der Waals surface area contributed by atoms with Crippen molar-refractivity contribution < 1.29 is 33.3 Å². The third-order valence-electron chi connectivity index (χ3n) is 4.07. The normalized spacial score (nSPS) is 11.0. The van der Waals surface area contributed by atoms with Crippen LogP contribution in [0.1, 0.15) is 30.0 Å². The van der Waals surface area contributed by atoms with Gasteiger partial charge >= 0.3 is 11.9 Å². The van der Waals surface area contributed by atoms with Gasteiger partial charge in [0.25, 0.3) is 0 Å². The summed E-state index contributed by atoms with van der Waals surface area (Å²) in [6, 6.07) is 10.3. The van der Waals surface area contributed by atoms with E-state index in [9.17, 15) is 9.59 Å². The second-order valence-corrected chi connectivity index (χ2v) is 7.55. The minimum absolute atomic E-state index is 0.118. The van der Waals surface area contributed by atoms with E-state index in [1.54, 1.807) is 43.3 Å². The van der Waals surface area contributed by atoms with Crippen LogP contribution in [0.3, 0.4) is 0 Å². The van der Waals surface area contributed by atoms with Crippen molar-refractivity contribution in [2.75, 3.05) is 19.8 Å². The van der Waals surface area contributed by atoms with Crippen LogP contribution >= 0.6 is 22.6 Å². The summed E-state index contributed by atoms with van der Waals surface area (Å²) < 4.78 is 22.5. The molecule has 0 radical (unpaired) electrons. The van der Waals surface area contributed by atoms with Gasteiger partial charge in [-0.3, -0.25) is 4.79 Å². The Kier molecular flexibility index (Phi) is 7.92. The van der Waals surface area contributed by atoms with E-state index in [1.807, 2.05) is 29.5 Å². The number of nitrogens with one attached hydrogen (secondary N) is 1. The average molecular weight is 552 g/mol. The predicted octanol–water partition coefficient (Wildman–Crippen LogP) is 4.06. The van der Waals surface area contributed by atoms with Gasteiger partial charge < -0.3 is 23.7 Å². The Balaban J connectivity index is 1.72. The lowest BCUT2D eigenvalue weighted by Gasteiger charge is -2.13. The lowest BCUT2D eigenvalue weighted by molar-refractivity contribution is -0.139. The maximum Gasteiger partial charge on any atom is 0.341 e. The molecule has 10 heteroatoms. The van der Waals surface area contributed by atoms with Crippen molar-refractivity contribution in [2.45, 2.75) is 13.8 Å². The number of nitrogens with zero attached hydrogens (tertiary/aromatic N) is 1. The number of carboxylic acids is 1. The van der Waals surface area contributed by atoms with Gasteiger partial charge in [-0.15, -0.1) is 0 Å². The summed E-state index contributed by atoms with van der Waals surface area (Å²) in [4.78, 5) is 23.2. The monoisotopic (exact) mass is 552 g/mol. The molecule has 0 saturated heterocycles. The lowest BCUT2D eigenvalue weighted by atomic mass is 10.2. The summed E-state index contributed by atoms with van der Waals surface area (Å²) >= 11 is 2.02. The molecule has 1 amide bonds. The number of hydrazone groups is 1. The summed E-state index contributed by atoms with van der Waals surface area (Å²) in [5.41, 5.74) is 3.62. The summed E-state index contributed by atoms with van der Waals surface area (Å²) in [7, 11) is 0. The molecule has 3 aromatic rings. The van der Waals surface area contributed by atoms with Crippen LogP contribution in [0.5, 0.6) is 17.2 Å². The molecule has 9 nitrogen and oxygen atoms in total. The highest BCUT2D eigenvalue weighted by Crippen LogP contribution is 2.34. The molecule has 0 aliphatic rings. The highest BCUT2D eigenvalue weighted by Gasteiger charge is 2.14. The molecule has 0 aliphatic heterocycles. The second-order valence-electron chi connectivity index (χ2n) is 6.39. The van der Waals surface area contributed by atoms with E-state index >= 15 is 0 Å². The summed E-state index contributed by atoms with van der Waals surface area (Å²) in [5, 5.41) is 13.6. The van der Waals surface area contributed by atoms with Crippen LogP contribution in [-0.2, 0) is 4.79 Å². The summed E-state index contributed by atoms with van der Waals surface area (Å²) in [6.07, 6.45) is 1.44. The molecule has 32 heavy (non-hydrogen) atoms. The van der Waals surface area contributed by atoms with Crippen LogP contribution in [0, 0.1) is 3.57 Å². The maximum atomic E-state index is 12.4. The first kappa shape index (κ1) is 23.4. The van der Waals surface area contributed by atoms with Gasteiger partial charge in [0, 0.05) is 5.39 Å². The first-order chi connectivity index (χ1) is 15.4. The molecular weight excluding hydrogens is 531 g/mol. The molecule has 0 saturated carbocycles. The molecule has 0 fully saturated rings. The molecule has 0 bridgehead atoms. The Morgan fingerprint density at radius 2 is 1.91 bits per heavy atom. The van der Waals surface area contributed by atoms with Crippen molar-refractivity contribution in [1.29, 1.82) is 0 Å². The third kappa shape index (κ3) is 5.90. The highest BCUT2D eigenvalue weighted by molar-refractivity contribution is 14.1. The zero-order chi connectivity index (χ0) is 23.1. The number of halogens is 1. The van der Waals surface area contributed by atoms with Crippen LogP contribution in [0.4, 0.5) is 0 Å². The van der Waals surface area contributed by atoms with Crippen molar-refractivity contribution in [2.24, 2.45) is 5.10 Å². The summed E-state index contributed by atoms with van der Waals surface area (Å²) in [5.74, 6) is -0.0533. The number of hydrogen-bond donors (Lipinski definition) is 2. The third-order valence-corrected chi connectivity index (χ3v) is 4.88. The fraction of sp³-hybridized carbons (Fsp3) is 0.227. The van der Waals surface area contributed by atoms with Crippen molar-refractivity contribution in [3.05, 3.63) is 51.3 Å². The molecule has 2 aromatic carbocycles. The van der Waals surface area contributed by atoms with Gasteiger partial charge in [0.2, 0.25) is 0 Å². The van der Waals surface area contributed by atoms with Gasteiger partial charge in [-0.1, -0.05) is 0 Å². The SMILES string of the molecule is CCOc1ccc2oc(C(=O)N/N=C/c3cc(I)c(OCC(=O)O)c(OCC)c3)cc2c1. The number of benzene rings is 2. The Morgan fingerprint density at radius 1 is 1.12 bits per heavy atom. The first-order valence-corrected chi connectivity index (χ1v) is 10.8. The second kappa shape index (κ2) is 10.8. The van der Waals surface area contributed by atoms with Crippen molar-refractivity contribution in [3.8, 4) is 17.2 Å². The topological polar surface area (TPSA) is 120 Å².